The first-order valence-corrected chi connectivity index (χ1v) is 3.93. The molecule has 1 aromatic rings. The molecule has 0 atom stereocenters. The third-order valence-corrected chi connectivity index (χ3v) is 1.72. The first-order chi connectivity index (χ1) is 7.08. The second kappa shape index (κ2) is 4.52. The summed E-state index contributed by atoms with van der Waals surface area (Å²) >= 11 is 0. The minimum Gasteiger partial charge on any atom is -0.465 e. The van der Waals surface area contributed by atoms with Crippen molar-refractivity contribution in [3.8, 4) is 0 Å². The first kappa shape index (κ1) is 11.1. The van der Waals surface area contributed by atoms with Crippen LogP contribution in [-0.2, 0) is 4.74 Å². The van der Waals surface area contributed by atoms with Crippen LogP contribution in [0, 0.1) is 16.7 Å². The van der Waals surface area contributed by atoms with Gasteiger partial charge in [-0.2, -0.15) is 0 Å². The van der Waals surface area contributed by atoms with E-state index in [1.54, 1.807) is 0 Å². The van der Waals surface area contributed by atoms with Gasteiger partial charge in [-0.15, -0.1) is 0 Å². The number of ether oxygens (including phenoxy) is 1. The number of rotatable bonds is 3. The summed E-state index contributed by atoms with van der Waals surface area (Å²) in [4.78, 5) is 21.0. The lowest BCUT2D eigenvalue weighted by Gasteiger charge is -2.01. The van der Waals surface area contributed by atoms with E-state index in [1.807, 2.05) is 0 Å². The lowest BCUT2D eigenvalue weighted by molar-refractivity contribution is -0.384. The standard InChI is InChI=1S/C9H8NO5/c1-15-9(12)7-2-6(5-11)3-8(4-7)10(13)14/h2-5,11H,1H3. The van der Waals surface area contributed by atoms with Gasteiger partial charge in [-0.05, 0) is 11.6 Å². The van der Waals surface area contributed by atoms with Crippen LogP contribution < -0.4 is 0 Å². The predicted molar refractivity (Wildman–Crippen MR) is 49.8 cm³/mol. The Morgan fingerprint density at radius 1 is 1.53 bits per heavy atom. The minimum atomic E-state index is -0.693. The largest absolute Gasteiger partial charge is 0.465 e. The molecular weight excluding hydrogens is 202 g/mol. The van der Waals surface area contributed by atoms with Crippen molar-refractivity contribution in [3.05, 3.63) is 46.0 Å². The van der Waals surface area contributed by atoms with Gasteiger partial charge in [-0.3, -0.25) is 10.1 Å². The average molecular weight is 210 g/mol. The van der Waals surface area contributed by atoms with Crippen LogP contribution >= 0.6 is 0 Å². The molecule has 0 unspecified atom stereocenters. The molecule has 79 valence electrons. The van der Waals surface area contributed by atoms with Gasteiger partial charge in [0.1, 0.15) is 6.61 Å². The number of carbonyl (C=O) groups excluding carboxylic acids is 1. The average Bonchev–Trinajstić information content (AvgIpc) is 2.27. The summed E-state index contributed by atoms with van der Waals surface area (Å²) in [5.41, 5.74) is -0.0881. The van der Waals surface area contributed by atoms with E-state index < -0.39 is 10.9 Å². The van der Waals surface area contributed by atoms with E-state index in [4.69, 9.17) is 5.11 Å². The number of benzene rings is 1. The van der Waals surface area contributed by atoms with E-state index in [0.717, 1.165) is 12.1 Å². The van der Waals surface area contributed by atoms with Crippen LogP contribution in [0.2, 0.25) is 0 Å². The maximum Gasteiger partial charge on any atom is 0.338 e. The van der Waals surface area contributed by atoms with Crippen LogP contribution in [0.5, 0.6) is 0 Å². The van der Waals surface area contributed by atoms with Crippen LogP contribution in [0.15, 0.2) is 18.2 Å². The van der Waals surface area contributed by atoms with Gasteiger partial charge >= 0.3 is 5.97 Å². The Balaban J connectivity index is 3.23. The normalized spacial score (nSPS) is 9.73. The highest BCUT2D eigenvalue weighted by atomic mass is 16.6. The number of nitrogens with zero attached hydrogens (tertiary/aromatic N) is 1. The molecule has 0 saturated carbocycles. The Labute approximate surface area is 85.2 Å². The molecule has 1 aromatic carbocycles. The van der Waals surface area contributed by atoms with Gasteiger partial charge < -0.3 is 9.84 Å². The lowest BCUT2D eigenvalue weighted by Crippen LogP contribution is -2.03. The minimum absolute atomic E-state index is 0.0204. The lowest BCUT2D eigenvalue weighted by atomic mass is 10.1. The SMILES string of the molecule is COC(=O)c1cc([CH]O)cc([N+](=O)[O-])c1. The summed E-state index contributed by atoms with van der Waals surface area (Å²) in [6, 6.07) is 3.52. The Morgan fingerprint density at radius 3 is 2.67 bits per heavy atom. The van der Waals surface area contributed by atoms with E-state index in [0.29, 0.717) is 6.61 Å². The molecule has 0 bridgehead atoms. The van der Waals surface area contributed by atoms with Gasteiger partial charge in [0.15, 0.2) is 0 Å². The van der Waals surface area contributed by atoms with Crippen molar-refractivity contribution in [3.63, 3.8) is 0 Å². The Bertz CT molecular complexity index is 401. The number of non-ortho nitro benzene ring substituents is 1. The van der Waals surface area contributed by atoms with Crippen LogP contribution in [-0.4, -0.2) is 23.1 Å². The van der Waals surface area contributed by atoms with Gasteiger partial charge in [0, 0.05) is 12.1 Å². The fourth-order valence-corrected chi connectivity index (χ4v) is 1.05. The van der Waals surface area contributed by atoms with Gasteiger partial charge in [0.2, 0.25) is 0 Å². The molecule has 0 aliphatic heterocycles. The van der Waals surface area contributed by atoms with Crippen LogP contribution in [0.1, 0.15) is 15.9 Å². The van der Waals surface area contributed by atoms with Crippen molar-refractivity contribution < 1.29 is 19.6 Å². The van der Waals surface area contributed by atoms with E-state index >= 15 is 0 Å². The zero-order chi connectivity index (χ0) is 11.4. The maximum absolute atomic E-state index is 11.1. The van der Waals surface area contributed by atoms with Gasteiger partial charge in [-0.25, -0.2) is 4.79 Å². The summed E-state index contributed by atoms with van der Waals surface area (Å²) in [7, 11) is 1.17. The third-order valence-electron chi connectivity index (χ3n) is 1.72. The Kier molecular flexibility index (Phi) is 3.35. The summed E-state index contributed by atoms with van der Waals surface area (Å²) in [6.07, 6.45) is 0. The first-order valence-electron chi connectivity index (χ1n) is 3.93. The number of hydrogen-bond donors (Lipinski definition) is 1. The van der Waals surface area contributed by atoms with Gasteiger partial charge in [-0.1, -0.05) is 0 Å². The number of nitro benzene ring substituents is 1. The van der Waals surface area contributed by atoms with Crippen molar-refractivity contribution in [2.45, 2.75) is 0 Å². The number of esters is 1. The topological polar surface area (TPSA) is 89.7 Å². The number of aliphatic hydroxyl groups excluding tert-OH is 1. The number of methoxy groups -OCH3 is 1. The highest BCUT2D eigenvalue weighted by Crippen LogP contribution is 2.18. The number of aliphatic hydroxyl groups is 1. The van der Waals surface area contributed by atoms with Crippen molar-refractivity contribution in [2.75, 3.05) is 7.11 Å². The van der Waals surface area contributed by atoms with Crippen LogP contribution in [0.25, 0.3) is 0 Å². The molecule has 6 heteroatoms. The molecule has 0 aromatic heterocycles. The predicted octanol–water partition coefficient (Wildman–Crippen LogP) is 1.26. The summed E-state index contributed by atoms with van der Waals surface area (Å²) < 4.78 is 4.41. The third kappa shape index (κ3) is 2.50. The number of hydrogen-bond acceptors (Lipinski definition) is 5. The molecular formula is C9H8NO5. The Morgan fingerprint density at radius 2 is 2.20 bits per heavy atom. The molecule has 1 radical (unpaired) electrons. The van der Waals surface area contributed by atoms with Crippen LogP contribution in [0.4, 0.5) is 5.69 Å². The second-order valence-electron chi connectivity index (χ2n) is 2.69. The molecule has 0 aliphatic rings. The monoisotopic (exact) mass is 210 g/mol. The fraction of sp³-hybridized carbons (Fsp3) is 0.111. The summed E-state index contributed by atoms with van der Waals surface area (Å²) in [6.45, 7) is 0.680. The van der Waals surface area contributed by atoms with Gasteiger partial charge in [0.25, 0.3) is 5.69 Å². The number of carbonyl (C=O) groups is 1. The van der Waals surface area contributed by atoms with E-state index in [1.165, 1.54) is 13.2 Å². The van der Waals surface area contributed by atoms with Crippen molar-refractivity contribution in [1.29, 1.82) is 0 Å². The van der Waals surface area contributed by atoms with E-state index in [2.05, 4.69) is 4.74 Å². The quantitative estimate of drug-likeness (QED) is 0.460. The molecule has 15 heavy (non-hydrogen) atoms. The molecule has 0 spiro atoms. The van der Waals surface area contributed by atoms with E-state index in [-0.39, 0.29) is 16.8 Å². The Hall–Kier alpha value is -1.95. The number of nitro groups is 1. The zero-order valence-electron chi connectivity index (χ0n) is 7.84. The molecule has 1 rings (SSSR count). The molecule has 0 aliphatic carbocycles. The highest BCUT2D eigenvalue weighted by Gasteiger charge is 2.14. The smallest absolute Gasteiger partial charge is 0.338 e. The van der Waals surface area contributed by atoms with Crippen LogP contribution in [0.3, 0.4) is 0 Å². The fourth-order valence-electron chi connectivity index (χ4n) is 1.05. The second-order valence-corrected chi connectivity index (χ2v) is 2.69. The van der Waals surface area contributed by atoms with E-state index in [9.17, 15) is 14.9 Å². The molecule has 0 fully saturated rings. The van der Waals surface area contributed by atoms with Gasteiger partial charge in [0.05, 0.1) is 17.6 Å². The maximum atomic E-state index is 11.1. The van der Waals surface area contributed by atoms with Crippen molar-refractivity contribution >= 4 is 11.7 Å². The zero-order valence-corrected chi connectivity index (χ0v) is 7.84. The summed E-state index contributed by atoms with van der Waals surface area (Å²) in [5, 5.41) is 19.2. The molecule has 0 saturated heterocycles. The molecule has 1 N–H and O–H groups in total. The summed E-state index contributed by atoms with van der Waals surface area (Å²) in [5.74, 6) is -0.693. The molecule has 0 heterocycles. The molecule has 6 nitrogen and oxygen atoms in total. The van der Waals surface area contributed by atoms with Crippen molar-refractivity contribution in [1.82, 2.24) is 0 Å². The molecule has 0 amide bonds. The van der Waals surface area contributed by atoms with Crippen molar-refractivity contribution in [2.24, 2.45) is 0 Å². The highest BCUT2D eigenvalue weighted by molar-refractivity contribution is 5.90.